The van der Waals surface area contributed by atoms with E-state index in [9.17, 15) is 24.9 Å². The number of carbonyl (C=O) groups excluding carboxylic acids is 2. The Bertz CT molecular complexity index is 2070. The summed E-state index contributed by atoms with van der Waals surface area (Å²) in [5, 5.41) is 38.0. The van der Waals surface area contributed by atoms with Gasteiger partial charge in [0.1, 0.15) is 5.75 Å². The van der Waals surface area contributed by atoms with Crippen molar-refractivity contribution < 1.29 is 34.4 Å². The molecule has 2 bridgehead atoms. The highest BCUT2D eigenvalue weighted by atomic mass is 16.5. The van der Waals surface area contributed by atoms with Gasteiger partial charge in [-0.15, -0.1) is 0 Å². The summed E-state index contributed by atoms with van der Waals surface area (Å²) in [6.07, 6.45) is 3.53. The van der Waals surface area contributed by atoms with Gasteiger partial charge >= 0.3 is 5.97 Å². The smallest absolute Gasteiger partial charge is 0.306 e. The zero-order valence-corrected chi connectivity index (χ0v) is 33.5. The lowest BCUT2D eigenvalue weighted by Gasteiger charge is -2.60. The van der Waals surface area contributed by atoms with Crippen molar-refractivity contribution in [3.63, 3.8) is 0 Å². The van der Waals surface area contributed by atoms with E-state index in [-0.39, 0.29) is 36.2 Å². The number of carbonyl (C=O) groups is 2. The molecule has 12 heteroatoms. The summed E-state index contributed by atoms with van der Waals surface area (Å²) in [6, 6.07) is 11.6. The zero-order valence-electron chi connectivity index (χ0n) is 33.5. The van der Waals surface area contributed by atoms with Crippen LogP contribution in [0.4, 0.5) is 5.69 Å². The number of nitrogens with two attached hydrogens (primary N) is 1. The van der Waals surface area contributed by atoms with Crippen LogP contribution < -0.4 is 15.4 Å². The van der Waals surface area contributed by atoms with Crippen molar-refractivity contribution in [1.29, 1.82) is 0 Å². The predicted octanol–water partition coefficient (Wildman–Crippen LogP) is 3.20. The number of rotatable bonds is 7. The van der Waals surface area contributed by atoms with E-state index in [2.05, 4.69) is 52.9 Å². The summed E-state index contributed by atoms with van der Waals surface area (Å²) in [5.74, 6) is -0.921. The number of methoxy groups -OCH3 is 2. The third kappa shape index (κ3) is 5.01. The molecule has 3 saturated heterocycles. The van der Waals surface area contributed by atoms with Crippen LogP contribution in [0.5, 0.6) is 5.75 Å². The number of primary amides is 1. The van der Waals surface area contributed by atoms with Crippen molar-refractivity contribution in [2.75, 3.05) is 58.9 Å². The standard InChI is InChI=1S/C44H59N5O7/c1-6-26-12-16-49-17-14-43-29-18-30(33(55-4)19-32(29)47(3)39(43)44(54,40(45)52)38(51)35(26)37(43)49)42(22-34(50)56-5)21-25-20-41(53,7-2)24-48(23-25)15-13-28-27-10-8-9-11-31(27)46-36(28)42/h8-11,18-19,25-26,35,37-39,46,51,53-54H,6-7,12-17,20-24H2,1-5H3,(H2,45,52)/t25?,26-,35?,37-,38+,39+,41?,42-,43+,44?/m0/s1. The molecule has 9 rings (SSSR count). The largest absolute Gasteiger partial charge is 0.496 e. The van der Waals surface area contributed by atoms with Crippen LogP contribution in [-0.2, 0) is 31.6 Å². The number of anilines is 1. The number of aromatic nitrogens is 1. The Morgan fingerprint density at radius 3 is 2.55 bits per heavy atom. The maximum absolute atomic E-state index is 14.1. The van der Waals surface area contributed by atoms with E-state index in [1.807, 2.05) is 24.1 Å². The van der Waals surface area contributed by atoms with Crippen LogP contribution in [-0.4, -0.2) is 125 Å². The molecule has 12 nitrogen and oxygen atoms in total. The van der Waals surface area contributed by atoms with Gasteiger partial charge in [0.15, 0.2) is 5.60 Å². The van der Waals surface area contributed by atoms with Crippen LogP contribution >= 0.6 is 0 Å². The van der Waals surface area contributed by atoms with Crippen molar-refractivity contribution in [1.82, 2.24) is 14.8 Å². The summed E-state index contributed by atoms with van der Waals surface area (Å²) < 4.78 is 12.0. The molecule has 1 aliphatic carbocycles. The number of aliphatic hydroxyl groups is 3. The van der Waals surface area contributed by atoms with Crippen molar-refractivity contribution >= 4 is 28.5 Å². The number of nitrogens with zero attached hydrogens (tertiary/aromatic N) is 3. The van der Waals surface area contributed by atoms with Crippen molar-refractivity contribution in [2.24, 2.45) is 23.5 Å². The van der Waals surface area contributed by atoms with Gasteiger partial charge in [0.2, 0.25) is 0 Å². The first kappa shape index (κ1) is 37.9. The highest BCUT2D eigenvalue weighted by Gasteiger charge is 2.76. The molecule has 3 aromatic rings. The number of benzene rings is 2. The van der Waals surface area contributed by atoms with E-state index >= 15 is 0 Å². The van der Waals surface area contributed by atoms with E-state index in [1.54, 1.807) is 7.11 Å². The number of esters is 1. The second-order valence-corrected chi connectivity index (χ2v) is 18.2. The first-order chi connectivity index (χ1) is 26.8. The predicted molar refractivity (Wildman–Crippen MR) is 213 cm³/mol. The monoisotopic (exact) mass is 769 g/mol. The molecule has 1 saturated carbocycles. The summed E-state index contributed by atoms with van der Waals surface area (Å²) in [7, 11) is 4.98. The molecule has 11 atom stereocenters. The topological polar surface area (TPSA) is 165 Å². The SMILES string of the molecule is CC[C@H]1CCN2CC[C@]34c5cc([C@@]6(CC(=O)OC)CC7CN(CCc8c6[nH]c6ccccc86)CC(O)(CC)C7)c(OC)cc5N(C)[C@H]3C(O)(C(N)=O)[C@H](O)C1[C@H]24. The number of amides is 1. The number of hydrogen-bond acceptors (Lipinski definition) is 10. The number of fused-ring (bicyclic) bond motifs is 6. The van der Waals surface area contributed by atoms with Gasteiger partial charge in [-0.05, 0) is 86.7 Å². The number of likely N-dealkylation sites (N-methyl/N-ethyl adjacent to an activating group) is 1. The fraction of sp³-hybridized carbons (Fsp3) is 0.636. The van der Waals surface area contributed by atoms with Gasteiger partial charge in [0.05, 0.1) is 43.8 Å². The molecule has 6 heterocycles. The maximum Gasteiger partial charge on any atom is 0.306 e. The second-order valence-electron chi connectivity index (χ2n) is 18.2. The van der Waals surface area contributed by atoms with Crippen LogP contribution in [0.1, 0.15) is 81.2 Å². The second kappa shape index (κ2) is 13.2. The van der Waals surface area contributed by atoms with Crippen LogP contribution in [0.15, 0.2) is 36.4 Å². The Kier molecular flexibility index (Phi) is 8.91. The van der Waals surface area contributed by atoms with E-state index < -0.39 is 40.1 Å². The number of piperidine rings is 2. The fourth-order valence-electron chi connectivity index (χ4n) is 13.5. The van der Waals surface area contributed by atoms with Crippen molar-refractivity contribution in [3.05, 3.63) is 58.8 Å². The molecule has 2 aromatic carbocycles. The molecular weight excluding hydrogens is 711 g/mol. The molecule has 5 unspecified atom stereocenters. The van der Waals surface area contributed by atoms with Crippen LogP contribution in [0, 0.1) is 17.8 Å². The molecule has 5 aliphatic heterocycles. The molecule has 6 aliphatic rings. The number of aliphatic hydroxyl groups excluding tert-OH is 1. The zero-order chi connectivity index (χ0) is 39.5. The van der Waals surface area contributed by atoms with Crippen molar-refractivity contribution in [3.8, 4) is 5.75 Å². The average Bonchev–Trinajstić information content (AvgIpc) is 3.85. The minimum atomic E-state index is -2.22. The quantitative estimate of drug-likeness (QED) is 0.226. The van der Waals surface area contributed by atoms with Crippen molar-refractivity contribution in [2.45, 2.75) is 105 Å². The number of H-pyrrole nitrogens is 1. The lowest BCUT2D eigenvalue weighted by Crippen LogP contribution is -2.79. The first-order valence-corrected chi connectivity index (χ1v) is 20.8. The molecule has 56 heavy (non-hydrogen) atoms. The molecule has 302 valence electrons. The van der Waals surface area contributed by atoms with Gasteiger partial charge in [0, 0.05) is 78.0 Å². The third-order valence-corrected chi connectivity index (χ3v) is 15.8. The minimum absolute atomic E-state index is 0.0297. The summed E-state index contributed by atoms with van der Waals surface area (Å²) in [6.45, 7) is 7.97. The van der Waals surface area contributed by atoms with Crippen LogP contribution in [0.3, 0.4) is 0 Å². The Morgan fingerprint density at radius 2 is 1.84 bits per heavy atom. The molecular formula is C44H59N5O7. The van der Waals surface area contributed by atoms with E-state index in [0.29, 0.717) is 38.0 Å². The Labute approximate surface area is 329 Å². The Morgan fingerprint density at radius 1 is 1.05 bits per heavy atom. The molecule has 6 N–H and O–H groups in total. The number of ether oxygens (including phenoxy) is 2. The molecule has 1 amide bonds. The number of para-hydroxylation sites is 1. The van der Waals surface area contributed by atoms with Gasteiger partial charge in [-0.1, -0.05) is 38.5 Å². The first-order valence-electron chi connectivity index (χ1n) is 20.8. The number of nitrogens with one attached hydrogen (secondary N) is 1. The maximum atomic E-state index is 14.1. The highest BCUT2D eigenvalue weighted by molar-refractivity contribution is 5.89. The van der Waals surface area contributed by atoms with Gasteiger partial charge < -0.3 is 40.4 Å². The van der Waals surface area contributed by atoms with Gasteiger partial charge in [0.25, 0.3) is 5.91 Å². The molecule has 1 spiro atoms. The van der Waals surface area contributed by atoms with Crippen LogP contribution in [0.25, 0.3) is 10.9 Å². The van der Waals surface area contributed by atoms with Gasteiger partial charge in [-0.25, -0.2) is 0 Å². The van der Waals surface area contributed by atoms with Crippen LogP contribution in [0.2, 0.25) is 0 Å². The molecule has 4 fully saturated rings. The average molecular weight is 770 g/mol. The minimum Gasteiger partial charge on any atom is -0.496 e. The summed E-state index contributed by atoms with van der Waals surface area (Å²) >= 11 is 0. The normalized spacial score (nSPS) is 38.8. The lowest BCUT2D eigenvalue weighted by atomic mass is 9.51. The molecule has 1 aromatic heterocycles. The Balaban J connectivity index is 1.34. The lowest BCUT2D eigenvalue weighted by molar-refractivity contribution is -0.196. The highest BCUT2D eigenvalue weighted by Crippen LogP contribution is 2.65. The summed E-state index contributed by atoms with van der Waals surface area (Å²) in [4.78, 5) is 38.4. The number of hydrogen-bond donors (Lipinski definition) is 5. The van der Waals surface area contributed by atoms with E-state index in [1.165, 1.54) is 7.11 Å². The molecule has 0 radical (unpaired) electrons. The number of aromatic amines is 1. The Hall–Kier alpha value is -3.68. The van der Waals surface area contributed by atoms with Gasteiger partial charge in [-0.2, -0.15) is 0 Å². The fourth-order valence-corrected chi connectivity index (χ4v) is 13.5. The third-order valence-electron chi connectivity index (χ3n) is 15.8. The van der Waals surface area contributed by atoms with Gasteiger partial charge in [-0.3, -0.25) is 19.4 Å². The summed E-state index contributed by atoms with van der Waals surface area (Å²) in [5.41, 5.74) is 7.11. The van der Waals surface area contributed by atoms with E-state index in [0.717, 1.165) is 84.4 Å². The van der Waals surface area contributed by atoms with E-state index in [4.69, 9.17) is 15.2 Å².